The van der Waals surface area contributed by atoms with Crippen molar-refractivity contribution in [2.24, 2.45) is 0 Å². The van der Waals surface area contributed by atoms with Crippen molar-refractivity contribution >= 4 is 35.0 Å². The lowest BCUT2D eigenvalue weighted by Crippen LogP contribution is -2.15. The van der Waals surface area contributed by atoms with Gasteiger partial charge in [0.1, 0.15) is 0 Å². The maximum Gasteiger partial charge on any atom is 0.337 e. The molecule has 0 saturated carbocycles. The van der Waals surface area contributed by atoms with Crippen molar-refractivity contribution < 1.29 is 19.6 Å². The first-order valence-corrected chi connectivity index (χ1v) is 5.94. The van der Waals surface area contributed by atoms with E-state index in [4.69, 9.17) is 16.7 Å². The van der Waals surface area contributed by atoms with E-state index in [1.807, 2.05) is 0 Å². The number of rotatable bonds is 4. The van der Waals surface area contributed by atoms with Gasteiger partial charge in [-0.1, -0.05) is 11.6 Å². The minimum Gasteiger partial charge on any atom is -0.478 e. The number of H-pyrrole nitrogens is 1. The number of hydrogen-bond acceptors (Lipinski definition) is 4. The van der Waals surface area contributed by atoms with Crippen molar-refractivity contribution in [2.75, 3.05) is 5.32 Å². The van der Waals surface area contributed by atoms with Gasteiger partial charge < -0.3 is 20.5 Å². The van der Waals surface area contributed by atoms with Crippen molar-refractivity contribution in [3.8, 4) is 0 Å². The summed E-state index contributed by atoms with van der Waals surface area (Å²) in [5, 5.41) is 22.1. The Labute approximate surface area is 122 Å². The summed E-state index contributed by atoms with van der Waals surface area (Å²) >= 11 is 5.70. The molecule has 1 aromatic heterocycles. The van der Waals surface area contributed by atoms with E-state index in [0.29, 0.717) is 0 Å². The summed E-state index contributed by atoms with van der Waals surface area (Å²) in [6.45, 7) is 0. The molecule has 2 rings (SSSR count). The maximum absolute atomic E-state index is 11.9. The lowest BCUT2D eigenvalue weighted by molar-refractivity contribution is -0.389. The highest BCUT2D eigenvalue weighted by Gasteiger charge is 2.18. The molecule has 0 unspecified atom stereocenters. The molecule has 108 valence electrons. The van der Waals surface area contributed by atoms with E-state index in [1.54, 1.807) is 0 Å². The Balaban J connectivity index is 2.27. The summed E-state index contributed by atoms with van der Waals surface area (Å²) in [5.41, 5.74) is -0.209. The van der Waals surface area contributed by atoms with Gasteiger partial charge in [-0.3, -0.25) is 4.79 Å². The van der Waals surface area contributed by atoms with Crippen LogP contribution in [0.2, 0.25) is 5.02 Å². The molecule has 21 heavy (non-hydrogen) atoms. The van der Waals surface area contributed by atoms with E-state index in [9.17, 15) is 19.7 Å². The second-order valence-corrected chi connectivity index (χ2v) is 4.40. The molecule has 1 aromatic carbocycles. The molecule has 0 aliphatic heterocycles. The van der Waals surface area contributed by atoms with Gasteiger partial charge in [-0.2, -0.15) is 0 Å². The molecule has 0 atom stereocenters. The number of carbonyl (C=O) groups excluding carboxylic acids is 1. The van der Waals surface area contributed by atoms with Crippen LogP contribution < -0.4 is 5.32 Å². The quantitative estimate of drug-likeness (QED) is 0.591. The number of halogens is 1. The minimum atomic E-state index is -1.26. The Morgan fingerprint density at radius 1 is 1.29 bits per heavy atom. The zero-order valence-corrected chi connectivity index (χ0v) is 11.0. The number of anilines is 1. The Bertz CT molecular complexity index is 740. The molecule has 0 aliphatic carbocycles. The summed E-state index contributed by atoms with van der Waals surface area (Å²) in [6.07, 6.45) is 0. The number of benzene rings is 1. The predicted molar refractivity (Wildman–Crippen MR) is 73.8 cm³/mol. The van der Waals surface area contributed by atoms with E-state index >= 15 is 0 Å². The minimum absolute atomic E-state index is 0.0363. The molecule has 9 heteroatoms. The lowest BCUT2D eigenvalue weighted by Gasteiger charge is -2.07. The monoisotopic (exact) mass is 309 g/mol. The molecular weight excluding hydrogens is 302 g/mol. The molecule has 1 heterocycles. The standard InChI is InChI=1S/C12H8ClN3O5/c13-6-1-2-8(7(5-6)12(18)19)15-11(17)9-3-4-10(14-9)16(20)21/h1-5,14H,(H,15,17)(H,18,19). The van der Waals surface area contributed by atoms with Crippen LogP contribution in [0.25, 0.3) is 0 Å². The van der Waals surface area contributed by atoms with Gasteiger partial charge >= 0.3 is 11.8 Å². The molecule has 8 nitrogen and oxygen atoms in total. The van der Waals surface area contributed by atoms with Crippen LogP contribution in [0, 0.1) is 10.1 Å². The number of aromatic carboxylic acids is 1. The van der Waals surface area contributed by atoms with Gasteiger partial charge in [-0.25, -0.2) is 9.78 Å². The summed E-state index contributed by atoms with van der Waals surface area (Å²) < 4.78 is 0. The van der Waals surface area contributed by atoms with Gasteiger partial charge in [-0.15, -0.1) is 0 Å². The van der Waals surface area contributed by atoms with E-state index in [1.165, 1.54) is 24.3 Å². The summed E-state index contributed by atoms with van der Waals surface area (Å²) in [5.74, 6) is -2.30. The van der Waals surface area contributed by atoms with E-state index in [-0.39, 0.29) is 27.8 Å². The molecule has 0 spiro atoms. The number of aromatic amines is 1. The van der Waals surface area contributed by atoms with Crippen LogP contribution in [0.5, 0.6) is 0 Å². The fourth-order valence-corrected chi connectivity index (χ4v) is 1.79. The number of nitrogens with one attached hydrogen (secondary N) is 2. The van der Waals surface area contributed by atoms with Gasteiger partial charge in [-0.05, 0) is 29.2 Å². The van der Waals surface area contributed by atoms with Crippen molar-refractivity contribution in [2.45, 2.75) is 0 Å². The fraction of sp³-hybridized carbons (Fsp3) is 0. The van der Waals surface area contributed by atoms with Crippen LogP contribution in [0.15, 0.2) is 30.3 Å². The van der Waals surface area contributed by atoms with Crippen LogP contribution >= 0.6 is 11.6 Å². The van der Waals surface area contributed by atoms with Crippen LogP contribution in [0.4, 0.5) is 11.5 Å². The third kappa shape index (κ3) is 3.18. The Hall–Kier alpha value is -2.87. The lowest BCUT2D eigenvalue weighted by atomic mass is 10.1. The number of carboxylic acids is 1. The second-order valence-electron chi connectivity index (χ2n) is 3.96. The molecular formula is C12H8ClN3O5. The Morgan fingerprint density at radius 3 is 2.57 bits per heavy atom. The predicted octanol–water partition coefficient (Wildman–Crippen LogP) is 2.53. The normalized spacial score (nSPS) is 10.1. The third-order valence-electron chi connectivity index (χ3n) is 2.57. The number of nitro groups is 1. The van der Waals surface area contributed by atoms with Gasteiger partial charge in [0.2, 0.25) is 0 Å². The summed E-state index contributed by atoms with van der Waals surface area (Å²) in [7, 11) is 0. The van der Waals surface area contributed by atoms with E-state index in [2.05, 4.69) is 10.3 Å². The van der Waals surface area contributed by atoms with Crippen molar-refractivity contribution in [1.82, 2.24) is 4.98 Å². The number of carbonyl (C=O) groups is 2. The van der Waals surface area contributed by atoms with Crippen LogP contribution in [0.1, 0.15) is 20.8 Å². The van der Waals surface area contributed by atoms with E-state index < -0.39 is 16.8 Å². The summed E-state index contributed by atoms with van der Waals surface area (Å²) in [4.78, 5) is 35.2. The van der Waals surface area contributed by atoms with Crippen molar-refractivity contribution in [3.05, 3.63) is 56.7 Å². The van der Waals surface area contributed by atoms with Crippen molar-refractivity contribution in [3.63, 3.8) is 0 Å². The second kappa shape index (κ2) is 5.63. The molecule has 0 saturated heterocycles. The topological polar surface area (TPSA) is 125 Å². The van der Waals surface area contributed by atoms with Crippen LogP contribution in [-0.4, -0.2) is 26.9 Å². The van der Waals surface area contributed by atoms with Gasteiger partial charge in [0, 0.05) is 11.1 Å². The number of amides is 1. The first kappa shape index (κ1) is 14.5. The SMILES string of the molecule is O=C(Nc1ccc(Cl)cc1C(=O)O)c1ccc([N+](=O)[O-])[nH]1. The smallest absolute Gasteiger partial charge is 0.337 e. The number of nitrogens with zero attached hydrogens (tertiary/aromatic N) is 1. The highest BCUT2D eigenvalue weighted by molar-refractivity contribution is 6.31. The first-order valence-electron chi connectivity index (χ1n) is 5.56. The zero-order chi connectivity index (χ0) is 15.6. The maximum atomic E-state index is 11.9. The molecule has 2 aromatic rings. The largest absolute Gasteiger partial charge is 0.478 e. The molecule has 0 aliphatic rings. The zero-order valence-electron chi connectivity index (χ0n) is 10.3. The molecule has 0 fully saturated rings. The fourth-order valence-electron chi connectivity index (χ4n) is 1.61. The molecule has 0 radical (unpaired) electrons. The van der Waals surface area contributed by atoms with E-state index in [0.717, 1.165) is 6.07 Å². The van der Waals surface area contributed by atoms with Crippen LogP contribution in [-0.2, 0) is 0 Å². The Morgan fingerprint density at radius 2 is 2.00 bits per heavy atom. The number of hydrogen-bond donors (Lipinski definition) is 3. The van der Waals surface area contributed by atoms with Gasteiger partial charge in [0.15, 0.2) is 5.69 Å². The first-order chi connectivity index (χ1) is 9.88. The number of carboxylic acid groups (broad SMARTS) is 1. The number of aromatic nitrogens is 1. The molecule has 3 N–H and O–H groups in total. The van der Waals surface area contributed by atoms with Gasteiger partial charge in [0.05, 0.1) is 11.3 Å². The highest BCUT2D eigenvalue weighted by Crippen LogP contribution is 2.21. The van der Waals surface area contributed by atoms with Gasteiger partial charge in [0.25, 0.3) is 5.91 Å². The van der Waals surface area contributed by atoms with Crippen LogP contribution in [0.3, 0.4) is 0 Å². The summed E-state index contributed by atoms with van der Waals surface area (Å²) in [6, 6.07) is 6.30. The van der Waals surface area contributed by atoms with Crippen molar-refractivity contribution in [1.29, 1.82) is 0 Å². The molecule has 0 bridgehead atoms. The third-order valence-corrected chi connectivity index (χ3v) is 2.81. The average molecular weight is 310 g/mol. The molecule has 1 amide bonds. The Kier molecular flexibility index (Phi) is 3.90. The average Bonchev–Trinajstić information content (AvgIpc) is 2.90. The highest BCUT2D eigenvalue weighted by atomic mass is 35.5.